The molecule has 1 saturated heterocycles. The standard InChI is InChI=1S/C12H11ClFN3OS/c13-11-5-9(14)8(6-15-11)10-7-19-12(16-10)17-1-3-18-4-2-17/h5-7H,1-4H2. The number of ether oxygens (including phenoxy) is 1. The third-order valence-corrected chi connectivity index (χ3v) is 3.98. The van der Waals surface area contributed by atoms with Gasteiger partial charge in [-0.1, -0.05) is 11.6 Å². The SMILES string of the molecule is Fc1cc(Cl)ncc1-c1csc(N2CCOCC2)n1. The van der Waals surface area contributed by atoms with Crippen molar-refractivity contribution in [1.29, 1.82) is 0 Å². The van der Waals surface area contributed by atoms with Gasteiger partial charge in [-0.3, -0.25) is 0 Å². The molecule has 0 aromatic carbocycles. The van der Waals surface area contributed by atoms with Crippen LogP contribution in [0.25, 0.3) is 11.3 Å². The largest absolute Gasteiger partial charge is 0.378 e. The van der Waals surface area contributed by atoms with E-state index in [1.807, 2.05) is 5.38 Å². The summed E-state index contributed by atoms with van der Waals surface area (Å²) >= 11 is 7.14. The Balaban J connectivity index is 1.87. The molecule has 0 unspecified atom stereocenters. The van der Waals surface area contributed by atoms with E-state index in [9.17, 15) is 4.39 Å². The van der Waals surface area contributed by atoms with Crippen molar-refractivity contribution in [3.63, 3.8) is 0 Å². The number of thiazole rings is 1. The molecule has 2 aromatic heterocycles. The zero-order valence-corrected chi connectivity index (χ0v) is 11.5. The number of anilines is 1. The number of hydrogen-bond acceptors (Lipinski definition) is 5. The molecule has 100 valence electrons. The highest BCUT2D eigenvalue weighted by Gasteiger charge is 2.16. The summed E-state index contributed by atoms with van der Waals surface area (Å²) in [5.74, 6) is -0.404. The highest BCUT2D eigenvalue weighted by Crippen LogP contribution is 2.29. The van der Waals surface area contributed by atoms with Crippen LogP contribution in [0, 0.1) is 5.82 Å². The first-order chi connectivity index (χ1) is 9.24. The average molecular weight is 300 g/mol. The van der Waals surface area contributed by atoms with Crippen molar-refractivity contribution in [1.82, 2.24) is 9.97 Å². The molecule has 0 atom stereocenters. The smallest absolute Gasteiger partial charge is 0.186 e. The van der Waals surface area contributed by atoms with Gasteiger partial charge in [-0.15, -0.1) is 11.3 Å². The predicted octanol–water partition coefficient (Wildman–Crippen LogP) is 2.83. The molecule has 7 heteroatoms. The lowest BCUT2D eigenvalue weighted by Gasteiger charge is -2.26. The Morgan fingerprint density at radius 3 is 2.89 bits per heavy atom. The van der Waals surface area contributed by atoms with E-state index in [0.717, 1.165) is 18.2 Å². The molecule has 0 radical (unpaired) electrons. The van der Waals surface area contributed by atoms with Crippen molar-refractivity contribution >= 4 is 28.1 Å². The second kappa shape index (κ2) is 5.40. The molecule has 1 aliphatic rings. The minimum Gasteiger partial charge on any atom is -0.378 e. The summed E-state index contributed by atoms with van der Waals surface area (Å²) in [5.41, 5.74) is 0.966. The maximum atomic E-state index is 13.8. The van der Waals surface area contributed by atoms with E-state index >= 15 is 0 Å². The van der Waals surface area contributed by atoms with Gasteiger partial charge in [-0.25, -0.2) is 14.4 Å². The summed E-state index contributed by atoms with van der Waals surface area (Å²) in [6.07, 6.45) is 1.41. The molecular weight excluding hydrogens is 289 g/mol. The van der Waals surface area contributed by atoms with Gasteiger partial charge in [0.25, 0.3) is 0 Å². The first-order valence-electron chi connectivity index (χ1n) is 5.83. The number of hydrogen-bond donors (Lipinski definition) is 0. The maximum Gasteiger partial charge on any atom is 0.186 e. The summed E-state index contributed by atoms with van der Waals surface area (Å²) in [7, 11) is 0. The van der Waals surface area contributed by atoms with Crippen LogP contribution in [0.3, 0.4) is 0 Å². The third-order valence-electron chi connectivity index (χ3n) is 2.87. The highest BCUT2D eigenvalue weighted by molar-refractivity contribution is 7.14. The number of nitrogens with zero attached hydrogens (tertiary/aromatic N) is 3. The van der Waals surface area contributed by atoms with Crippen molar-refractivity contribution in [2.75, 3.05) is 31.2 Å². The van der Waals surface area contributed by atoms with E-state index < -0.39 is 5.82 Å². The van der Waals surface area contributed by atoms with Gasteiger partial charge in [-0.05, 0) is 0 Å². The summed E-state index contributed by atoms with van der Waals surface area (Å²) in [6, 6.07) is 1.20. The van der Waals surface area contributed by atoms with Crippen molar-refractivity contribution in [2.45, 2.75) is 0 Å². The summed E-state index contributed by atoms with van der Waals surface area (Å²) in [6.45, 7) is 3.03. The quantitative estimate of drug-likeness (QED) is 0.799. The van der Waals surface area contributed by atoms with Crippen LogP contribution in [0.4, 0.5) is 9.52 Å². The minimum atomic E-state index is -0.404. The molecule has 0 amide bonds. The number of rotatable bonds is 2. The van der Waals surface area contributed by atoms with Crippen LogP contribution in [0.15, 0.2) is 17.6 Å². The fraction of sp³-hybridized carbons (Fsp3) is 0.333. The molecule has 0 N–H and O–H groups in total. The van der Waals surface area contributed by atoms with E-state index in [2.05, 4.69) is 14.9 Å². The molecule has 19 heavy (non-hydrogen) atoms. The molecule has 1 aliphatic heterocycles. The Morgan fingerprint density at radius 1 is 1.37 bits per heavy atom. The first-order valence-corrected chi connectivity index (χ1v) is 7.09. The monoisotopic (exact) mass is 299 g/mol. The van der Waals surface area contributed by atoms with E-state index in [4.69, 9.17) is 16.3 Å². The predicted molar refractivity (Wildman–Crippen MR) is 73.3 cm³/mol. The molecule has 0 saturated carbocycles. The van der Waals surface area contributed by atoms with Gasteiger partial charge in [0.05, 0.1) is 24.5 Å². The second-order valence-corrected chi connectivity index (χ2v) is 5.33. The summed E-state index contributed by atoms with van der Waals surface area (Å²) in [5, 5.41) is 2.86. The number of pyridine rings is 1. The summed E-state index contributed by atoms with van der Waals surface area (Å²) in [4.78, 5) is 10.5. The molecule has 0 spiro atoms. The van der Waals surface area contributed by atoms with Crippen molar-refractivity contribution in [3.05, 3.63) is 28.6 Å². The molecule has 1 fully saturated rings. The summed E-state index contributed by atoms with van der Waals surface area (Å²) < 4.78 is 19.1. The Bertz CT molecular complexity index is 586. The fourth-order valence-electron chi connectivity index (χ4n) is 1.88. The van der Waals surface area contributed by atoms with Gasteiger partial charge in [-0.2, -0.15) is 0 Å². The van der Waals surface area contributed by atoms with E-state index in [-0.39, 0.29) is 5.15 Å². The van der Waals surface area contributed by atoms with E-state index in [0.29, 0.717) is 24.5 Å². The Hall–Kier alpha value is -1.24. The second-order valence-electron chi connectivity index (χ2n) is 4.10. The van der Waals surface area contributed by atoms with Crippen molar-refractivity contribution < 1.29 is 9.13 Å². The van der Waals surface area contributed by atoms with Gasteiger partial charge in [0.2, 0.25) is 0 Å². The van der Waals surface area contributed by atoms with Crippen molar-refractivity contribution in [2.24, 2.45) is 0 Å². The normalized spacial score (nSPS) is 15.8. The first kappa shape index (κ1) is 12.8. The Kier molecular flexibility index (Phi) is 3.63. The molecule has 2 aromatic rings. The van der Waals surface area contributed by atoms with Gasteiger partial charge in [0.1, 0.15) is 11.0 Å². The number of morpholine rings is 1. The topological polar surface area (TPSA) is 38.2 Å². The van der Waals surface area contributed by atoms with E-state index in [1.54, 1.807) is 0 Å². The molecule has 3 rings (SSSR count). The molecule has 0 bridgehead atoms. The van der Waals surface area contributed by atoms with Crippen LogP contribution < -0.4 is 4.90 Å². The highest BCUT2D eigenvalue weighted by atomic mass is 35.5. The van der Waals surface area contributed by atoms with Gasteiger partial charge in [0.15, 0.2) is 5.13 Å². The van der Waals surface area contributed by atoms with Crippen LogP contribution in [-0.4, -0.2) is 36.3 Å². The van der Waals surface area contributed by atoms with Crippen molar-refractivity contribution in [3.8, 4) is 11.3 Å². The van der Waals surface area contributed by atoms with Crippen LogP contribution in [-0.2, 0) is 4.74 Å². The minimum absolute atomic E-state index is 0.143. The molecule has 4 nitrogen and oxygen atoms in total. The maximum absolute atomic E-state index is 13.8. The van der Waals surface area contributed by atoms with E-state index in [1.165, 1.54) is 23.6 Å². The molecule has 0 aliphatic carbocycles. The third kappa shape index (κ3) is 2.70. The Labute approximate surface area is 118 Å². The molecule has 3 heterocycles. The lowest BCUT2D eigenvalue weighted by molar-refractivity contribution is 0.122. The van der Waals surface area contributed by atoms with Crippen LogP contribution in [0.5, 0.6) is 0 Å². The fourth-order valence-corrected chi connectivity index (χ4v) is 2.91. The van der Waals surface area contributed by atoms with Crippen LogP contribution >= 0.6 is 22.9 Å². The van der Waals surface area contributed by atoms with Gasteiger partial charge >= 0.3 is 0 Å². The Morgan fingerprint density at radius 2 is 2.16 bits per heavy atom. The van der Waals surface area contributed by atoms with Crippen LogP contribution in [0.1, 0.15) is 0 Å². The average Bonchev–Trinajstić information content (AvgIpc) is 2.89. The van der Waals surface area contributed by atoms with Gasteiger partial charge < -0.3 is 9.64 Å². The van der Waals surface area contributed by atoms with Crippen LogP contribution in [0.2, 0.25) is 5.15 Å². The number of aromatic nitrogens is 2. The lowest BCUT2D eigenvalue weighted by atomic mass is 10.2. The number of halogens is 2. The zero-order chi connectivity index (χ0) is 13.2. The lowest BCUT2D eigenvalue weighted by Crippen LogP contribution is -2.36. The van der Waals surface area contributed by atoms with Gasteiger partial charge in [0, 0.05) is 30.7 Å². The zero-order valence-electron chi connectivity index (χ0n) is 9.97. The molecular formula is C12H11ClFN3OS.